The summed E-state index contributed by atoms with van der Waals surface area (Å²) in [6.45, 7) is 4.24. The van der Waals surface area contributed by atoms with Crippen molar-refractivity contribution in [3.05, 3.63) is 29.0 Å². The molecule has 1 atom stereocenters. The first-order chi connectivity index (χ1) is 14.5. The van der Waals surface area contributed by atoms with Crippen LogP contribution in [0.3, 0.4) is 0 Å². The molecule has 1 aromatic carbocycles. The maximum Gasteiger partial charge on any atom is 0.338 e. The SMILES string of the molecule is CCCCCOC(=O)C1=C(C)Nc2nnnn2[C@@H]1c1cc(OC)c(OC)cc1OC. The molecule has 0 radical (unpaired) electrons. The van der Waals surface area contributed by atoms with Gasteiger partial charge in [0.05, 0.1) is 33.5 Å². The summed E-state index contributed by atoms with van der Waals surface area (Å²) in [6.07, 6.45) is 2.84. The lowest BCUT2D eigenvalue weighted by molar-refractivity contribution is -0.139. The minimum Gasteiger partial charge on any atom is -0.496 e. The van der Waals surface area contributed by atoms with Gasteiger partial charge < -0.3 is 24.3 Å². The molecule has 0 saturated carbocycles. The monoisotopic (exact) mass is 417 g/mol. The fourth-order valence-electron chi connectivity index (χ4n) is 3.43. The molecule has 1 aromatic heterocycles. The summed E-state index contributed by atoms with van der Waals surface area (Å²) in [4.78, 5) is 13.1. The molecule has 3 rings (SSSR count). The first-order valence-electron chi connectivity index (χ1n) is 9.78. The number of rotatable bonds is 9. The topological polar surface area (TPSA) is 110 Å². The Kier molecular flexibility index (Phi) is 6.76. The van der Waals surface area contributed by atoms with Crippen molar-refractivity contribution >= 4 is 11.9 Å². The van der Waals surface area contributed by atoms with Crippen molar-refractivity contribution in [2.75, 3.05) is 33.3 Å². The van der Waals surface area contributed by atoms with Crippen LogP contribution in [0.4, 0.5) is 5.95 Å². The Morgan fingerprint density at radius 3 is 2.47 bits per heavy atom. The number of hydrogen-bond donors (Lipinski definition) is 1. The van der Waals surface area contributed by atoms with Gasteiger partial charge in [0.25, 0.3) is 0 Å². The standard InChI is InChI=1S/C20H27N5O5/c1-6-7-8-9-30-19(26)17-12(2)21-20-22-23-24-25(20)18(17)13-10-15(28-4)16(29-5)11-14(13)27-3/h10-11,18H,6-9H2,1-5H3,(H,21,22,24)/t18-/m1/s1. The summed E-state index contributed by atoms with van der Waals surface area (Å²) in [5.41, 5.74) is 1.65. The van der Waals surface area contributed by atoms with E-state index >= 15 is 0 Å². The zero-order valence-electron chi connectivity index (χ0n) is 17.9. The summed E-state index contributed by atoms with van der Waals surface area (Å²) in [7, 11) is 4.64. The molecule has 2 heterocycles. The Morgan fingerprint density at radius 1 is 1.10 bits per heavy atom. The average molecular weight is 417 g/mol. The highest BCUT2D eigenvalue weighted by Gasteiger charge is 2.37. The molecule has 0 spiro atoms. The molecule has 2 aromatic rings. The van der Waals surface area contributed by atoms with Crippen LogP contribution in [0.15, 0.2) is 23.4 Å². The Hall–Kier alpha value is -3.30. The molecule has 0 unspecified atom stereocenters. The molecule has 0 bridgehead atoms. The second-order valence-electron chi connectivity index (χ2n) is 6.81. The third kappa shape index (κ3) is 4.03. The molecule has 1 aliphatic rings. The first kappa shape index (κ1) is 21.4. The van der Waals surface area contributed by atoms with Gasteiger partial charge in [-0.15, -0.1) is 0 Å². The zero-order valence-corrected chi connectivity index (χ0v) is 17.9. The van der Waals surface area contributed by atoms with Crippen molar-refractivity contribution in [1.29, 1.82) is 0 Å². The average Bonchev–Trinajstić information content (AvgIpc) is 3.22. The van der Waals surface area contributed by atoms with Gasteiger partial charge in [-0.3, -0.25) is 0 Å². The lowest BCUT2D eigenvalue weighted by Gasteiger charge is -2.28. The van der Waals surface area contributed by atoms with Crippen LogP contribution in [0.25, 0.3) is 0 Å². The number of methoxy groups -OCH3 is 3. The molecule has 162 valence electrons. The molecular formula is C20H27N5O5. The number of ether oxygens (including phenoxy) is 4. The predicted octanol–water partition coefficient (Wildman–Crippen LogP) is 2.72. The van der Waals surface area contributed by atoms with E-state index in [-0.39, 0.29) is 0 Å². The second-order valence-corrected chi connectivity index (χ2v) is 6.81. The number of anilines is 1. The van der Waals surface area contributed by atoms with Crippen molar-refractivity contribution in [1.82, 2.24) is 20.2 Å². The van der Waals surface area contributed by atoms with E-state index in [0.29, 0.717) is 46.6 Å². The number of nitrogens with one attached hydrogen (secondary N) is 1. The van der Waals surface area contributed by atoms with E-state index in [1.165, 1.54) is 4.68 Å². The van der Waals surface area contributed by atoms with Gasteiger partial charge in [-0.1, -0.05) is 24.9 Å². The van der Waals surface area contributed by atoms with E-state index in [2.05, 4.69) is 27.8 Å². The minimum atomic E-state index is -0.662. The molecule has 1 N–H and O–H groups in total. The highest BCUT2D eigenvalue weighted by Crippen LogP contribution is 2.43. The maximum atomic E-state index is 13.1. The van der Waals surface area contributed by atoms with Crippen molar-refractivity contribution in [3.63, 3.8) is 0 Å². The summed E-state index contributed by atoms with van der Waals surface area (Å²) in [5.74, 6) is 1.49. The number of carbonyl (C=O) groups is 1. The maximum absolute atomic E-state index is 13.1. The number of allylic oxidation sites excluding steroid dienone is 1. The van der Waals surface area contributed by atoms with E-state index < -0.39 is 12.0 Å². The van der Waals surface area contributed by atoms with Crippen molar-refractivity contribution in [3.8, 4) is 17.2 Å². The van der Waals surface area contributed by atoms with Crippen LogP contribution < -0.4 is 19.5 Å². The molecule has 0 amide bonds. The molecule has 0 fully saturated rings. The number of hydrogen-bond acceptors (Lipinski definition) is 9. The fraction of sp³-hybridized carbons (Fsp3) is 0.500. The molecule has 0 aliphatic carbocycles. The fourth-order valence-corrected chi connectivity index (χ4v) is 3.43. The van der Waals surface area contributed by atoms with Gasteiger partial charge in [0.1, 0.15) is 11.8 Å². The summed E-state index contributed by atoms with van der Waals surface area (Å²) in [6, 6.07) is 2.81. The first-order valence-corrected chi connectivity index (χ1v) is 9.78. The van der Waals surface area contributed by atoms with Crippen LogP contribution in [-0.2, 0) is 9.53 Å². The smallest absolute Gasteiger partial charge is 0.338 e. The lowest BCUT2D eigenvalue weighted by atomic mass is 9.94. The van der Waals surface area contributed by atoms with E-state index in [0.717, 1.165) is 19.3 Å². The number of benzene rings is 1. The van der Waals surface area contributed by atoms with Gasteiger partial charge in [-0.2, -0.15) is 4.68 Å². The third-order valence-corrected chi connectivity index (χ3v) is 4.95. The highest BCUT2D eigenvalue weighted by atomic mass is 16.5. The second kappa shape index (κ2) is 9.47. The Morgan fingerprint density at radius 2 is 1.80 bits per heavy atom. The number of esters is 1. The van der Waals surface area contributed by atoms with Gasteiger partial charge in [0.15, 0.2) is 11.5 Å². The zero-order chi connectivity index (χ0) is 21.7. The van der Waals surface area contributed by atoms with Crippen LogP contribution in [-0.4, -0.2) is 54.1 Å². The van der Waals surface area contributed by atoms with Gasteiger partial charge >= 0.3 is 5.97 Å². The van der Waals surface area contributed by atoms with Crippen LogP contribution in [0, 0.1) is 0 Å². The quantitative estimate of drug-likeness (QED) is 0.486. The summed E-state index contributed by atoms with van der Waals surface area (Å²) < 4.78 is 23.5. The largest absolute Gasteiger partial charge is 0.496 e. The number of aromatic nitrogens is 4. The minimum absolute atomic E-state index is 0.349. The number of unbranched alkanes of at least 4 members (excludes halogenated alkanes) is 2. The Bertz CT molecular complexity index is 940. The van der Waals surface area contributed by atoms with Crippen LogP contribution >= 0.6 is 0 Å². The van der Waals surface area contributed by atoms with Crippen molar-refractivity contribution < 1.29 is 23.7 Å². The Labute approximate surface area is 175 Å². The molecule has 10 nitrogen and oxygen atoms in total. The van der Waals surface area contributed by atoms with Gasteiger partial charge in [-0.05, 0) is 29.8 Å². The van der Waals surface area contributed by atoms with E-state index in [9.17, 15) is 4.79 Å². The summed E-state index contributed by atoms with van der Waals surface area (Å²) in [5, 5.41) is 14.9. The van der Waals surface area contributed by atoms with Crippen LogP contribution in [0.2, 0.25) is 0 Å². The molecule has 1 aliphatic heterocycles. The van der Waals surface area contributed by atoms with Crippen LogP contribution in [0.5, 0.6) is 17.2 Å². The number of tetrazole rings is 1. The van der Waals surface area contributed by atoms with Crippen molar-refractivity contribution in [2.45, 2.75) is 39.2 Å². The number of carbonyl (C=O) groups excluding carboxylic acids is 1. The lowest BCUT2D eigenvalue weighted by Crippen LogP contribution is -2.30. The third-order valence-electron chi connectivity index (χ3n) is 4.95. The van der Waals surface area contributed by atoms with E-state index in [1.807, 2.05) is 0 Å². The molecule has 10 heteroatoms. The summed E-state index contributed by atoms with van der Waals surface area (Å²) >= 11 is 0. The normalized spacial score (nSPS) is 15.3. The van der Waals surface area contributed by atoms with Gasteiger partial charge in [0, 0.05) is 17.3 Å². The van der Waals surface area contributed by atoms with E-state index in [4.69, 9.17) is 18.9 Å². The highest BCUT2D eigenvalue weighted by molar-refractivity contribution is 5.92. The van der Waals surface area contributed by atoms with E-state index in [1.54, 1.807) is 40.4 Å². The van der Waals surface area contributed by atoms with Gasteiger partial charge in [0.2, 0.25) is 5.95 Å². The van der Waals surface area contributed by atoms with Gasteiger partial charge in [-0.25, -0.2) is 4.79 Å². The van der Waals surface area contributed by atoms with Crippen LogP contribution in [0.1, 0.15) is 44.7 Å². The van der Waals surface area contributed by atoms with Crippen molar-refractivity contribution in [2.24, 2.45) is 0 Å². The predicted molar refractivity (Wildman–Crippen MR) is 109 cm³/mol. The molecule has 30 heavy (non-hydrogen) atoms. The number of nitrogens with zero attached hydrogens (tertiary/aromatic N) is 4. The Balaban J connectivity index is 2.09. The molecular weight excluding hydrogens is 390 g/mol. The number of fused-ring (bicyclic) bond motifs is 1. The molecule has 0 saturated heterocycles.